The number of furan rings is 1. The third kappa shape index (κ3) is 3.86. The summed E-state index contributed by atoms with van der Waals surface area (Å²) in [5.41, 5.74) is 1.63. The van der Waals surface area contributed by atoms with Crippen LogP contribution in [0.1, 0.15) is 48.4 Å². The Kier molecular flexibility index (Phi) is 4.94. The van der Waals surface area contributed by atoms with E-state index in [2.05, 4.69) is 25.5 Å². The van der Waals surface area contributed by atoms with Gasteiger partial charge in [0, 0.05) is 17.2 Å². The molecule has 0 atom stereocenters. The van der Waals surface area contributed by atoms with Crippen LogP contribution in [-0.4, -0.2) is 30.8 Å². The van der Waals surface area contributed by atoms with E-state index in [4.69, 9.17) is 8.94 Å². The van der Waals surface area contributed by atoms with Gasteiger partial charge < -0.3 is 14.3 Å². The first-order valence-electron chi connectivity index (χ1n) is 9.49. The molecule has 0 aliphatic rings. The quantitative estimate of drug-likeness (QED) is 0.540. The van der Waals surface area contributed by atoms with E-state index in [0.29, 0.717) is 41.1 Å². The number of aromatic nitrogens is 5. The lowest BCUT2D eigenvalue weighted by molar-refractivity contribution is 0.0947. The summed E-state index contributed by atoms with van der Waals surface area (Å²) in [6, 6.07) is 7.16. The number of nitrogens with one attached hydrogen (secondary N) is 1. The largest absolute Gasteiger partial charge is 0.467 e. The summed E-state index contributed by atoms with van der Waals surface area (Å²) in [4.78, 5) is 21.4. The Morgan fingerprint density at radius 2 is 2.10 bits per heavy atom. The second-order valence-corrected chi connectivity index (χ2v) is 7.89. The molecule has 1 amide bonds. The van der Waals surface area contributed by atoms with Gasteiger partial charge in [0.1, 0.15) is 5.76 Å². The van der Waals surface area contributed by atoms with Gasteiger partial charge in [-0.1, -0.05) is 25.9 Å². The van der Waals surface area contributed by atoms with Crippen LogP contribution in [0.15, 0.2) is 51.9 Å². The Morgan fingerprint density at radius 3 is 2.80 bits per heavy atom. The summed E-state index contributed by atoms with van der Waals surface area (Å²) in [7, 11) is 0. The van der Waals surface area contributed by atoms with E-state index in [0.717, 1.165) is 5.56 Å². The van der Waals surface area contributed by atoms with E-state index >= 15 is 0 Å². The number of carbonyl (C=O) groups is 1. The minimum atomic E-state index is -0.238. The number of rotatable bonds is 5. The summed E-state index contributed by atoms with van der Waals surface area (Å²) in [5.74, 6) is 2.02. The van der Waals surface area contributed by atoms with E-state index in [1.54, 1.807) is 41.4 Å². The van der Waals surface area contributed by atoms with E-state index in [-0.39, 0.29) is 11.3 Å². The van der Waals surface area contributed by atoms with Crippen LogP contribution < -0.4 is 5.32 Å². The van der Waals surface area contributed by atoms with Gasteiger partial charge in [-0.05, 0) is 31.2 Å². The highest BCUT2D eigenvalue weighted by molar-refractivity contribution is 5.95. The first-order valence-corrected chi connectivity index (χ1v) is 9.49. The molecule has 30 heavy (non-hydrogen) atoms. The van der Waals surface area contributed by atoms with Crippen molar-refractivity contribution in [2.45, 2.75) is 39.7 Å². The van der Waals surface area contributed by atoms with Gasteiger partial charge in [-0.25, -0.2) is 9.67 Å². The van der Waals surface area contributed by atoms with E-state index in [1.807, 2.05) is 27.7 Å². The van der Waals surface area contributed by atoms with Crippen molar-refractivity contribution in [3.63, 3.8) is 0 Å². The van der Waals surface area contributed by atoms with Crippen LogP contribution in [0.5, 0.6) is 0 Å². The van der Waals surface area contributed by atoms with E-state index in [1.165, 1.54) is 6.20 Å². The number of nitrogens with zero attached hydrogens (tertiary/aromatic N) is 5. The van der Waals surface area contributed by atoms with Gasteiger partial charge in [-0.3, -0.25) is 4.79 Å². The topological polar surface area (TPSA) is 112 Å². The van der Waals surface area contributed by atoms with E-state index in [9.17, 15) is 4.79 Å². The Balaban J connectivity index is 1.57. The SMILES string of the molecule is Cc1c(C(=O)NCc2ccco2)cnn1-c1cc(-c2nc(C(C)(C)C)no2)ccn1. The minimum absolute atomic E-state index is 0.214. The standard InChI is InChI=1S/C21H22N6O3/c1-13-16(18(28)23-11-15-6-5-9-29-15)12-24-27(13)17-10-14(7-8-22-17)19-25-20(26-30-19)21(2,3)4/h5-10,12H,11H2,1-4H3,(H,23,28). The van der Waals surface area contributed by atoms with Crippen LogP contribution in [0.4, 0.5) is 0 Å². The molecule has 154 valence electrons. The molecule has 0 aliphatic heterocycles. The van der Waals surface area contributed by atoms with Crippen molar-refractivity contribution >= 4 is 5.91 Å². The third-order valence-electron chi connectivity index (χ3n) is 4.56. The van der Waals surface area contributed by atoms with Crippen molar-refractivity contribution in [3.8, 4) is 17.3 Å². The smallest absolute Gasteiger partial charge is 0.258 e. The summed E-state index contributed by atoms with van der Waals surface area (Å²) in [6.45, 7) is 8.17. The van der Waals surface area contributed by atoms with Gasteiger partial charge in [-0.2, -0.15) is 10.1 Å². The highest BCUT2D eigenvalue weighted by Gasteiger charge is 2.22. The summed E-state index contributed by atoms with van der Waals surface area (Å²) in [6.07, 6.45) is 4.73. The van der Waals surface area contributed by atoms with Crippen LogP contribution in [0.3, 0.4) is 0 Å². The molecule has 0 fully saturated rings. The summed E-state index contributed by atoms with van der Waals surface area (Å²) in [5, 5.41) is 11.2. The van der Waals surface area contributed by atoms with Gasteiger partial charge in [0.2, 0.25) is 0 Å². The van der Waals surface area contributed by atoms with Crippen molar-refractivity contribution in [3.05, 3.63) is 65.8 Å². The van der Waals surface area contributed by atoms with Gasteiger partial charge in [-0.15, -0.1) is 0 Å². The summed E-state index contributed by atoms with van der Waals surface area (Å²) < 4.78 is 12.3. The Morgan fingerprint density at radius 1 is 1.27 bits per heavy atom. The maximum atomic E-state index is 12.5. The third-order valence-corrected chi connectivity index (χ3v) is 4.56. The molecule has 0 aromatic carbocycles. The van der Waals surface area contributed by atoms with Crippen LogP contribution in [0, 0.1) is 6.92 Å². The van der Waals surface area contributed by atoms with Crippen molar-refractivity contribution in [2.75, 3.05) is 0 Å². The molecule has 4 rings (SSSR count). The lowest BCUT2D eigenvalue weighted by atomic mass is 9.96. The second kappa shape index (κ2) is 7.58. The highest BCUT2D eigenvalue weighted by atomic mass is 16.5. The summed E-state index contributed by atoms with van der Waals surface area (Å²) >= 11 is 0. The first-order chi connectivity index (χ1) is 14.3. The lowest BCUT2D eigenvalue weighted by Gasteiger charge is -2.10. The molecule has 0 spiro atoms. The molecular formula is C21H22N6O3. The molecule has 0 saturated heterocycles. The zero-order valence-corrected chi connectivity index (χ0v) is 17.2. The molecule has 0 radical (unpaired) electrons. The average Bonchev–Trinajstić information content (AvgIpc) is 3.46. The molecule has 0 unspecified atom stereocenters. The number of hydrogen-bond acceptors (Lipinski definition) is 7. The van der Waals surface area contributed by atoms with Gasteiger partial charge in [0.25, 0.3) is 11.8 Å². The fourth-order valence-electron chi connectivity index (χ4n) is 2.85. The van der Waals surface area contributed by atoms with Crippen LogP contribution in [0.25, 0.3) is 17.3 Å². The lowest BCUT2D eigenvalue weighted by Crippen LogP contribution is -2.23. The first kappa shape index (κ1) is 19.6. The van der Waals surface area contributed by atoms with Gasteiger partial charge in [0.05, 0.1) is 30.3 Å². The highest BCUT2D eigenvalue weighted by Crippen LogP contribution is 2.24. The molecule has 4 aromatic heterocycles. The molecule has 0 saturated carbocycles. The Bertz CT molecular complexity index is 1170. The monoisotopic (exact) mass is 406 g/mol. The molecule has 4 aromatic rings. The maximum absolute atomic E-state index is 12.5. The van der Waals surface area contributed by atoms with Crippen LogP contribution in [-0.2, 0) is 12.0 Å². The Hall–Kier alpha value is -3.75. The zero-order valence-electron chi connectivity index (χ0n) is 17.2. The van der Waals surface area contributed by atoms with Crippen LogP contribution >= 0.6 is 0 Å². The fraction of sp³-hybridized carbons (Fsp3) is 0.286. The van der Waals surface area contributed by atoms with Crippen molar-refractivity contribution in [1.29, 1.82) is 0 Å². The van der Waals surface area contributed by atoms with E-state index < -0.39 is 0 Å². The number of hydrogen-bond donors (Lipinski definition) is 1. The fourth-order valence-corrected chi connectivity index (χ4v) is 2.85. The number of amides is 1. The molecular weight excluding hydrogens is 384 g/mol. The molecule has 0 aliphatic carbocycles. The number of pyridine rings is 1. The minimum Gasteiger partial charge on any atom is -0.467 e. The predicted octanol–water partition coefficient (Wildman–Crippen LogP) is 3.45. The van der Waals surface area contributed by atoms with Gasteiger partial charge in [0.15, 0.2) is 11.6 Å². The molecule has 1 N–H and O–H groups in total. The van der Waals surface area contributed by atoms with Gasteiger partial charge >= 0.3 is 0 Å². The molecule has 9 heteroatoms. The van der Waals surface area contributed by atoms with Crippen molar-refractivity contribution in [1.82, 2.24) is 30.2 Å². The molecule has 0 bridgehead atoms. The second-order valence-electron chi connectivity index (χ2n) is 7.89. The predicted molar refractivity (Wildman–Crippen MR) is 108 cm³/mol. The maximum Gasteiger partial charge on any atom is 0.258 e. The number of carbonyl (C=O) groups excluding carboxylic acids is 1. The van der Waals surface area contributed by atoms with Crippen molar-refractivity contribution in [2.24, 2.45) is 0 Å². The van der Waals surface area contributed by atoms with Crippen LogP contribution in [0.2, 0.25) is 0 Å². The van der Waals surface area contributed by atoms with Crippen molar-refractivity contribution < 1.29 is 13.7 Å². The average molecular weight is 406 g/mol. The molecule has 4 heterocycles. The normalized spacial score (nSPS) is 11.6. The molecule has 9 nitrogen and oxygen atoms in total. The Labute approximate surface area is 173 Å². The zero-order chi connectivity index (χ0) is 21.3.